The van der Waals surface area contributed by atoms with Gasteiger partial charge in [0, 0.05) is 6.07 Å². The number of ketones is 1. The Morgan fingerprint density at radius 2 is 1.64 bits per heavy atom. The van der Waals surface area contributed by atoms with E-state index in [0.717, 1.165) is 5.56 Å². The van der Waals surface area contributed by atoms with Crippen LogP contribution in [0.1, 0.15) is 40.9 Å². The SMILES string of the molecule is COC(=O)C(C)(C)Oc1ccc(C(=O)/C=C/c2cc(C)c(O)c(C)c2)c(O)c1. The zero-order valence-corrected chi connectivity index (χ0v) is 16.6. The molecule has 6 heteroatoms. The molecule has 0 amide bonds. The zero-order chi connectivity index (χ0) is 21.1. The molecule has 0 heterocycles. The van der Waals surface area contributed by atoms with E-state index in [1.165, 1.54) is 31.4 Å². The smallest absolute Gasteiger partial charge is 0.349 e. The number of esters is 1. The van der Waals surface area contributed by atoms with E-state index < -0.39 is 11.6 Å². The van der Waals surface area contributed by atoms with Crippen molar-refractivity contribution in [3.63, 3.8) is 0 Å². The maximum atomic E-state index is 12.4. The second-order valence-corrected chi connectivity index (χ2v) is 6.98. The Labute approximate surface area is 164 Å². The number of ether oxygens (including phenoxy) is 2. The summed E-state index contributed by atoms with van der Waals surface area (Å²) in [7, 11) is 1.26. The summed E-state index contributed by atoms with van der Waals surface area (Å²) < 4.78 is 10.2. The van der Waals surface area contributed by atoms with Crippen LogP contribution in [0.15, 0.2) is 36.4 Å². The number of methoxy groups -OCH3 is 1. The summed E-state index contributed by atoms with van der Waals surface area (Å²) in [4.78, 5) is 24.1. The van der Waals surface area contributed by atoms with Gasteiger partial charge in [-0.05, 0) is 74.7 Å². The van der Waals surface area contributed by atoms with Crippen molar-refractivity contribution >= 4 is 17.8 Å². The fourth-order valence-electron chi connectivity index (χ4n) is 2.71. The Balaban J connectivity index is 2.20. The molecule has 0 radical (unpaired) electrons. The van der Waals surface area contributed by atoms with Crippen LogP contribution in [-0.4, -0.2) is 34.7 Å². The van der Waals surface area contributed by atoms with Crippen LogP contribution in [0.4, 0.5) is 0 Å². The number of allylic oxidation sites excluding steroid dienone is 1. The number of phenols is 2. The first-order valence-electron chi connectivity index (χ1n) is 8.68. The monoisotopic (exact) mass is 384 g/mol. The minimum Gasteiger partial charge on any atom is -0.507 e. The molecule has 2 rings (SSSR count). The quantitative estimate of drug-likeness (QED) is 0.445. The van der Waals surface area contributed by atoms with Crippen molar-refractivity contribution in [3.8, 4) is 17.2 Å². The van der Waals surface area contributed by atoms with Gasteiger partial charge < -0.3 is 19.7 Å². The number of aromatic hydroxyl groups is 2. The molecule has 28 heavy (non-hydrogen) atoms. The highest BCUT2D eigenvalue weighted by Crippen LogP contribution is 2.28. The summed E-state index contributed by atoms with van der Waals surface area (Å²) in [5.74, 6) is -0.745. The van der Waals surface area contributed by atoms with Crippen LogP contribution in [0.3, 0.4) is 0 Å². The highest BCUT2D eigenvalue weighted by molar-refractivity contribution is 6.08. The Kier molecular flexibility index (Phi) is 6.13. The molecule has 0 saturated heterocycles. The van der Waals surface area contributed by atoms with Gasteiger partial charge in [0.25, 0.3) is 0 Å². The maximum absolute atomic E-state index is 12.4. The molecule has 0 aliphatic heterocycles. The molecule has 0 aliphatic rings. The van der Waals surface area contributed by atoms with Crippen molar-refractivity contribution in [3.05, 3.63) is 58.7 Å². The summed E-state index contributed by atoms with van der Waals surface area (Å²) in [6.07, 6.45) is 2.96. The van der Waals surface area contributed by atoms with Crippen LogP contribution in [0.25, 0.3) is 6.08 Å². The molecule has 2 N–H and O–H groups in total. The van der Waals surface area contributed by atoms with Gasteiger partial charge in [0.05, 0.1) is 12.7 Å². The van der Waals surface area contributed by atoms with Crippen molar-refractivity contribution in [1.82, 2.24) is 0 Å². The van der Waals surface area contributed by atoms with Gasteiger partial charge in [0.1, 0.15) is 17.2 Å². The van der Waals surface area contributed by atoms with E-state index in [0.29, 0.717) is 11.1 Å². The fraction of sp³-hybridized carbons (Fsp3) is 0.273. The Bertz CT molecular complexity index is 917. The molecular formula is C22H24O6. The largest absolute Gasteiger partial charge is 0.507 e. The molecule has 6 nitrogen and oxygen atoms in total. The van der Waals surface area contributed by atoms with E-state index >= 15 is 0 Å². The number of hydrogen-bond acceptors (Lipinski definition) is 6. The Morgan fingerprint density at radius 1 is 1.04 bits per heavy atom. The molecule has 0 atom stereocenters. The summed E-state index contributed by atoms with van der Waals surface area (Å²) in [5.41, 5.74) is 1.06. The normalized spacial score (nSPS) is 11.5. The van der Waals surface area contributed by atoms with E-state index in [2.05, 4.69) is 4.74 Å². The minimum absolute atomic E-state index is 0.103. The number of rotatable bonds is 6. The van der Waals surface area contributed by atoms with Gasteiger partial charge in [-0.2, -0.15) is 0 Å². The summed E-state index contributed by atoms with van der Waals surface area (Å²) in [5, 5.41) is 20.0. The van der Waals surface area contributed by atoms with E-state index in [1.807, 2.05) is 0 Å². The first-order chi connectivity index (χ1) is 13.0. The van der Waals surface area contributed by atoms with Gasteiger partial charge in [-0.3, -0.25) is 4.79 Å². The Hall–Kier alpha value is -3.28. The van der Waals surface area contributed by atoms with Crippen molar-refractivity contribution in [2.24, 2.45) is 0 Å². The fourth-order valence-corrected chi connectivity index (χ4v) is 2.71. The van der Waals surface area contributed by atoms with Crippen LogP contribution in [-0.2, 0) is 9.53 Å². The standard InChI is InChI=1S/C22H24O6/c1-13-10-15(11-14(2)20(13)25)6-9-18(23)17-8-7-16(12-19(17)24)28-22(3,4)21(26)27-5/h6-12,24-25H,1-5H3/b9-6+. The lowest BCUT2D eigenvalue weighted by molar-refractivity contribution is -0.156. The molecule has 0 aliphatic carbocycles. The van der Waals surface area contributed by atoms with E-state index in [9.17, 15) is 19.8 Å². The summed E-state index contributed by atoms with van der Waals surface area (Å²) in [6, 6.07) is 7.73. The predicted molar refractivity (Wildman–Crippen MR) is 106 cm³/mol. The van der Waals surface area contributed by atoms with Crippen molar-refractivity contribution in [1.29, 1.82) is 0 Å². The van der Waals surface area contributed by atoms with Gasteiger partial charge in [-0.15, -0.1) is 0 Å². The molecule has 0 spiro atoms. The molecule has 2 aromatic rings. The molecule has 0 fully saturated rings. The van der Waals surface area contributed by atoms with Gasteiger partial charge in [-0.1, -0.05) is 6.08 Å². The third kappa shape index (κ3) is 4.71. The summed E-state index contributed by atoms with van der Waals surface area (Å²) >= 11 is 0. The van der Waals surface area contributed by atoms with Crippen LogP contribution >= 0.6 is 0 Å². The van der Waals surface area contributed by atoms with Gasteiger partial charge in [0.15, 0.2) is 11.4 Å². The lowest BCUT2D eigenvalue weighted by Crippen LogP contribution is -2.39. The lowest BCUT2D eigenvalue weighted by Gasteiger charge is -2.23. The average molecular weight is 384 g/mol. The molecule has 148 valence electrons. The van der Waals surface area contributed by atoms with Gasteiger partial charge >= 0.3 is 5.97 Å². The molecule has 0 unspecified atom stereocenters. The van der Waals surface area contributed by atoms with E-state index in [4.69, 9.17) is 4.74 Å². The Morgan fingerprint density at radius 3 is 2.18 bits per heavy atom. The van der Waals surface area contributed by atoms with Crippen molar-refractivity contribution in [2.75, 3.05) is 7.11 Å². The van der Waals surface area contributed by atoms with Crippen molar-refractivity contribution in [2.45, 2.75) is 33.3 Å². The first kappa shape index (κ1) is 21.0. The second-order valence-electron chi connectivity index (χ2n) is 6.98. The van der Waals surface area contributed by atoms with Crippen LogP contribution in [0.5, 0.6) is 17.2 Å². The summed E-state index contributed by atoms with van der Waals surface area (Å²) in [6.45, 7) is 6.64. The van der Waals surface area contributed by atoms with E-state index in [-0.39, 0.29) is 28.6 Å². The average Bonchev–Trinajstić information content (AvgIpc) is 2.63. The van der Waals surface area contributed by atoms with Gasteiger partial charge in [-0.25, -0.2) is 4.79 Å². The van der Waals surface area contributed by atoms with Crippen LogP contribution < -0.4 is 4.74 Å². The maximum Gasteiger partial charge on any atom is 0.349 e. The van der Waals surface area contributed by atoms with Crippen molar-refractivity contribution < 1.29 is 29.3 Å². The minimum atomic E-state index is -1.23. The lowest BCUT2D eigenvalue weighted by atomic mass is 10.0. The van der Waals surface area contributed by atoms with Crippen LogP contribution in [0, 0.1) is 13.8 Å². The van der Waals surface area contributed by atoms with Gasteiger partial charge in [0.2, 0.25) is 0 Å². The molecule has 2 aromatic carbocycles. The molecule has 0 saturated carbocycles. The topological polar surface area (TPSA) is 93.1 Å². The first-order valence-corrected chi connectivity index (χ1v) is 8.68. The molecule has 0 aromatic heterocycles. The predicted octanol–water partition coefficient (Wildman–Crippen LogP) is 3.94. The van der Waals surface area contributed by atoms with E-state index in [1.54, 1.807) is 45.9 Å². The second kappa shape index (κ2) is 8.17. The third-order valence-corrected chi connectivity index (χ3v) is 4.23. The number of carbonyl (C=O) groups excluding carboxylic acids is 2. The number of phenolic OH excluding ortho intramolecular Hbond substituents is 2. The number of benzene rings is 2. The zero-order valence-electron chi connectivity index (χ0n) is 16.6. The molecule has 0 bridgehead atoms. The number of carbonyl (C=O) groups is 2. The number of hydrogen-bond donors (Lipinski definition) is 2. The van der Waals surface area contributed by atoms with Crippen LogP contribution in [0.2, 0.25) is 0 Å². The molecular weight excluding hydrogens is 360 g/mol. The number of aryl methyl sites for hydroxylation is 2. The highest BCUT2D eigenvalue weighted by Gasteiger charge is 2.31. The third-order valence-electron chi connectivity index (χ3n) is 4.23. The highest BCUT2D eigenvalue weighted by atomic mass is 16.6.